The van der Waals surface area contributed by atoms with Crippen LogP contribution in [0.5, 0.6) is 0 Å². The monoisotopic (exact) mass is 211 g/mol. The third kappa shape index (κ3) is 2.59. The average molecular weight is 211 g/mol. The summed E-state index contributed by atoms with van der Waals surface area (Å²) < 4.78 is 0. The summed E-state index contributed by atoms with van der Waals surface area (Å²) in [5.41, 5.74) is -0.722. The summed E-state index contributed by atoms with van der Waals surface area (Å²) in [7, 11) is 0. The van der Waals surface area contributed by atoms with Crippen molar-refractivity contribution >= 4 is 5.97 Å². The van der Waals surface area contributed by atoms with Crippen LogP contribution in [0.1, 0.15) is 33.1 Å². The molecule has 0 spiro atoms. The number of hydrogen-bond acceptors (Lipinski definition) is 2. The largest absolute Gasteiger partial charge is 0.480 e. The molecule has 3 nitrogen and oxygen atoms in total. The predicted octanol–water partition coefficient (Wildman–Crippen LogP) is 2.04. The Labute approximate surface area is 91.6 Å². The summed E-state index contributed by atoms with van der Waals surface area (Å²) in [6.45, 7) is 8.51. The van der Waals surface area contributed by atoms with Gasteiger partial charge in [-0.15, -0.1) is 6.58 Å². The molecule has 0 aromatic heterocycles. The molecule has 1 rings (SSSR count). The van der Waals surface area contributed by atoms with Crippen LogP contribution < -0.4 is 5.32 Å². The fraction of sp³-hybridized carbons (Fsp3) is 0.750. The van der Waals surface area contributed by atoms with Crippen LogP contribution in [0, 0.1) is 11.8 Å². The standard InChI is InChI=1S/C12H21NO2/c1-4-7-13-12(11(14)15)6-5-9(2)10(3)8-12/h4,9-10,13H,1,5-8H2,2-3H3,(H,14,15). The van der Waals surface area contributed by atoms with Crippen molar-refractivity contribution in [3.8, 4) is 0 Å². The quantitative estimate of drug-likeness (QED) is 0.700. The molecule has 3 unspecified atom stereocenters. The molecule has 3 atom stereocenters. The van der Waals surface area contributed by atoms with E-state index < -0.39 is 11.5 Å². The highest BCUT2D eigenvalue weighted by atomic mass is 16.4. The number of carboxylic acids is 1. The Bertz CT molecular complexity index is 252. The van der Waals surface area contributed by atoms with E-state index in [-0.39, 0.29) is 0 Å². The molecule has 0 aromatic rings. The highest BCUT2D eigenvalue weighted by Gasteiger charge is 2.43. The zero-order valence-corrected chi connectivity index (χ0v) is 9.62. The summed E-state index contributed by atoms with van der Waals surface area (Å²) in [4.78, 5) is 11.3. The summed E-state index contributed by atoms with van der Waals surface area (Å²) in [5.74, 6) is 0.373. The van der Waals surface area contributed by atoms with E-state index in [2.05, 4.69) is 25.7 Å². The lowest BCUT2D eigenvalue weighted by molar-refractivity contribution is -0.147. The second-order valence-electron chi connectivity index (χ2n) is 4.75. The molecular weight excluding hydrogens is 190 g/mol. The molecule has 2 N–H and O–H groups in total. The predicted molar refractivity (Wildman–Crippen MR) is 60.7 cm³/mol. The van der Waals surface area contributed by atoms with Gasteiger partial charge in [0.1, 0.15) is 5.54 Å². The highest BCUT2D eigenvalue weighted by molar-refractivity contribution is 5.79. The van der Waals surface area contributed by atoms with Gasteiger partial charge in [0.2, 0.25) is 0 Å². The maximum absolute atomic E-state index is 11.3. The molecule has 0 bridgehead atoms. The van der Waals surface area contributed by atoms with Crippen LogP contribution in [-0.2, 0) is 4.79 Å². The molecule has 1 saturated carbocycles. The van der Waals surface area contributed by atoms with Gasteiger partial charge in [-0.1, -0.05) is 19.9 Å². The second kappa shape index (κ2) is 4.79. The lowest BCUT2D eigenvalue weighted by Crippen LogP contribution is -2.55. The Morgan fingerprint density at radius 1 is 1.60 bits per heavy atom. The molecule has 0 saturated heterocycles. The molecule has 1 aliphatic rings. The molecule has 0 heterocycles. The summed E-state index contributed by atoms with van der Waals surface area (Å²) in [6, 6.07) is 0. The van der Waals surface area contributed by atoms with Gasteiger partial charge in [-0.3, -0.25) is 10.1 Å². The number of carbonyl (C=O) groups is 1. The van der Waals surface area contributed by atoms with E-state index in [1.807, 2.05) is 0 Å². The fourth-order valence-corrected chi connectivity index (χ4v) is 2.31. The van der Waals surface area contributed by atoms with Gasteiger partial charge < -0.3 is 5.11 Å². The van der Waals surface area contributed by atoms with Crippen LogP contribution in [-0.4, -0.2) is 23.2 Å². The number of aliphatic carboxylic acids is 1. The van der Waals surface area contributed by atoms with E-state index in [0.29, 0.717) is 18.4 Å². The molecular formula is C12H21NO2. The summed E-state index contributed by atoms with van der Waals surface area (Å²) in [5, 5.41) is 12.4. The molecule has 86 valence electrons. The van der Waals surface area contributed by atoms with Gasteiger partial charge in [-0.05, 0) is 31.1 Å². The van der Waals surface area contributed by atoms with Crippen LogP contribution in [0.3, 0.4) is 0 Å². The van der Waals surface area contributed by atoms with Crippen molar-refractivity contribution in [1.29, 1.82) is 0 Å². The number of hydrogen-bond donors (Lipinski definition) is 2. The van der Waals surface area contributed by atoms with E-state index in [0.717, 1.165) is 19.3 Å². The Kier molecular flexibility index (Phi) is 3.91. The Morgan fingerprint density at radius 2 is 2.27 bits per heavy atom. The molecule has 3 heteroatoms. The van der Waals surface area contributed by atoms with Crippen molar-refractivity contribution < 1.29 is 9.90 Å². The SMILES string of the molecule is C=CCNC1(C(=O)O)CCC(C)C(C)C1. The molecule has 1 fully saturated rings. The zero-order chi connectivity index (χ0) is 11.5. The second-order valence-corrected chi connectivity index (χ2v) is 4.75. The Balaban J connectivity index is 2.74. The maximum Gasteiger partial charge on any atom is 0.323 e. The van der Waals surface area contributed by atoms with Gasteiger partial charge in [0.05, 0.1) is 0 Å². The number of carboxylic acid groups (broad SMARTS) is 1. The van der Waals surface area contributed by atoms with E-state index in [1.165, 1.54) is 0 Å². The third-order valence-corrected chi connectivity index (χ3v) is 3.66. The van der Waals surface area contributed by atoms with Crippen molar-refractivity contribution in [1.82, 2.24) is 5.32 Å². The van der Waals surface area contributed by atoms with Gasteiger partial charge in [0, 0.05) is 6.54 Å². The van der Waals surface area contributed by atoms with Gasteiger partial charge >= 0.3 is 5.97 Å². The zero-order valence-electron chi connectivity index (χ0n) is 9.62. The van der Waals surface area contributed by atoms with Gasteiger partial charge in [-0.2, -0.15) is 0 Å². The summed E-state index contributed by atoms with van der Waals surface area (Å²) in [6.07, 6.45) is 4.14. The average Bonchev–Trinajstić information content (AvgIpc) is 2.20. The first-order valence-corrected chi connectivity index (χ1v) is 5.61. The minimum absolute atomic E-state index is 0.465. The third-order valence-electron chi connectivity index (χ3n) is 3.66. The molecule has 0 radical (unpaired) electrons. The van der Waals surface area contributed by atoms with Gasteiger partial charge in [-0.25, -0.2) is 0 Å². The Hall–Kier alpha value is -0.830. The van der Waals surface area contributed by atoms with Crippen molar-refractivity contribution in [2.75, 3.05) is 6.54 Å². The molecule has 15 heavy (non-hydrogen) atoms. The normalized spacial score (nSPS) is 36.1. The molecule has 0 amide bonds. The Morgan fingerprint density at radius 3 is 2.73 bits per heavy atom. The van der Waals surface area contributed by atoms with Crippen molar-refractivity contribution in [2.45, 2.75) is 38.6 Å². The summed E-state index contributed by atoms with van der Waals surface area (Å²) >= 11 is 0. The first-order chi connectivity index (χ1) is 7.02. The van der Waals surface area contributed by atoms with Crippen molar-refractivity contribution in [3.05, 3.63) is 12.7 Å². The smallest absolute Gasteiger partial charge is 0.323 e. The minimum Gasteiger partial charge on any atom is -0.480 e. The van der Waals surface area contributed by atoms with E-state index in [1.54, 1.807) is 6.08 Å². The minimum atomic E-state index is -0.722. The van der Waals surface area contributed by atoms with Crippen molar-refractivity contribution in [3.63, 3.8) is 0 Å². The molecule has 1 aliphatic carbocycles. The van der Waals surface area contributed by atoms with E-state index >= 15 is 0 Å². The maximum atomic E-state index is 11.3. The lowest BCUT2D eigenvalue weighted by atomic mass is 9.71. The van der Waals surface area contributed by atoms with Gasteiger partial charge in [0.25, 0.3) is 0 Å². The number of rotatable bonds is 4. The first-order valence-electron chi connectivity index (χ1n) is 5.61. The van der Waals surface area contributed by atoms with Crippen molar-refractivity contribution in [2.24, 2.45) is 11.8 Å². The van der Waals surface area contributed by atoms with Crippen LogP contribution in [0.15, 0.2) is 12.7 Å². The van der Waals surface area contributed by atoms with Crippen LogP contribution in [0.2, 0.25) is 0 Å². The topological polar surface area (TPSA) is 49.3 Å². The van der Waals surface area contributed by atoms with Crippen LogP contribution in [0.25, 0.3) is 0 Å². The highest BCUT2D eigenvalue weighted by Crippen LogP contribution is 2.36. The molecule has 0 aromatic carbocycles. The fourth-order valence-electron chi connectivity index (χ4n) is 2.31. The first kappa shape index (κ1) is 12.2. The molecule has 0 aliphatic heterocycles. The van der Waals surface area contributed by atoms with E-state index in [4.69, 9.17) is 0 Å². The van der Waals surface area contributed by atoms with Crippen LogP contribution in [0.4, 0.5) is 0 Å². The van der Waals surface area contributed by atoms with E-state index in [9.17, 15) is 9.90 Å². The van der Waals surface area contributed by atoms with Crippen LogP contribution >= 0.6 is 0 Å². The van der Waals surface area contributed by atoms with Gasteiger partial charge in [0.15, 0.2) is 0 Å². The lowest BCUT2D eigenvalue weighted by Gasteiger charge is -2.40. The number of nitrogens with one attached hydrogen (secondary N) is 1.